The fourth-order valence-electron chi connectivity index (χ4n) is 2.14. The van der Waals surface area contributed by atoms with Crippen LogP contribution in [-0.4, -0.2) is 35.4 Å². The zero-order valence-electron chi connectivity index (χ0n) is 13.0. The van der Waals surface area contributed by atoms with Crippen LogP contribution in [0.1, 0.15) is 21.5 Å². The number of nitrogens with zero attached hydrogens (tertiary/aromatic N) is 1. The van der Waals surface area contributed by atoms with Gasteiger partial charge in [0.05, 0.1) is 12.7 Å². The number of carbonyl (C=O) groups is 2. The monoisotopic (exact) mass is 314 g/mol. The molecule has 0 aliphatic carbocycles. The highest BCUT2D eigenvalue weighted by Crippen LogP contribution is 2.13. The SMILES string of the molecule is COC(=O)CN(Cc1ccccc1C)C(=O)c1ccc(=O)[nH]c1. The Balaban J connectivity index is 2.28. The van der Waals surface area contributed by atoms with E-state index in [1.54, 1.807) is 0 Å². The molecule has 6 nitrogen and oxygen atoms in total. The maximum Gasteiger partial charge on any atom is 0.325 e. The number of benzene rings is 1. The molecule has 0 aliphatic rings. The highest BCUT2D eigenvalue weighted by molar-refractivity contribution is 5.95. The molecule has 0 spiro atoms. The topological polar surface area (TPSA) is 79.5 Å². The number of carbonyl (C=O) groups excluding carboxylic acids is 2. The van der Waals surface area contributed by atoms with Crippen LogP contribution in [0.4, 0.5) is 0 Å². The Hall–Kier alpha value is -2.89. The molecule has 120 valence electrons. The summed E-state index contributed by atoms with van der Waals surface area (Å²) in [6.07, 6.45) is 1.34. The van der Waals surface area contributed by atoms with Gasteiger partial charge < -0.3 is 14.6 Å². The van der Waals surface area contributed by atoms with E-state index < -0.39 is 5.97 Å². The van der Waals surface area contributed by atoms with Crippen molar-refractivity contribution in [2.24, 2.45) is 0 Å². The van der Waals surface area contributed by atoms with Crippen LogP contribution in [0.2, 0.25) is 0 Å². The molecule has 0 radical (unpaired) electrons. The molecular weight excluding hydrogens is 296 g/mol. The Kier molecular flexibility index (Phi) is 5.30. The molecule has 2 aromatic rings. The summed E-state index contributed by atoms with van der Waals surface area (Å²) in [5, 5.41) is 0. The van der Waals surface area contributed by atoms with Gasteiger partial charge in [-0.3, -0.25) is 14.4 Å². The molecule has 2 rings (SSSR count). The number of methoxy groups -OCH3 is 1. The van der Waals surface area contributed by atoms with E-state index in [4.69, 9.17) is 0 Å². The smallest absolute Gasteiger partial charge is 0.325 e. The zero-order valence-corrected chi connectivity index (χ0v) is 13.0. The van der Waals surface area contributed by atoms with Crippen molar-refractivity contribution in [1.29, 1.82) is 0 Å². The second-order valence-electron chi connectivity index (χ2n) is 5.11. The number of esters is 1. The second-order valence-corrected chi connectivity index (χ2v) is 5.11. The first kappa shape index (κ1) is 16.5. The number of rotatable bonds is 5. The van der Waals surface area contributed by atoms with E-state index in [1.807, 2.05) is 31.2 Å². The van der Waals surface area contributed by atoms with Crippen LogP contribution in [0.15, 0.2) is 47.4 Å². The molecule has 1 aromatic heterocycles. The first-order chi connectivity index (χ1) is 11.0. The van der Waals surface area contributed by atoms with Crippen LogP contribution < -0.4 is 5.56 Å². The van der Waals surface area contributed by atoms with E-state index in [9.17, 15) is 14.4 Å². The quantitative estimate of drug-likeness (QED) is 0.848. The van der Waals surface area contributed by atoms with Gasteiger partial charge in [0, 0.05) is 18.8 Å². The molecule has 0 saturated heterocycles. The number of ether oxygens (including phenoxy) is 1. The number of nitrogens with one attached hydrogen (secondary N) is 1. The van der Waals surface area contributed by atoms with Crippen molar-refractivity contribution < 1.29 is 14.3 Å². The first-order valence-corrected chi connectivity index (χ1v) is 7.10. The molecule has 1 amide bonds. The van der Waals surface area contributed by atoms with Gasteiger partial charge in [0.15, 0.2) is 0 Å². The maximum absolute atomic E-state index is 12.6. The third-order valence-electron chi connectivity index (χ3n) is 3.49. The first-order valence-electron chi connectivity index (χ1n) is 7.10. The molecule has 0 unspecified atom stereocenters. The van der Waals surface area contributed by atoms with Gasteiger partial charge in [-0.15, -0.1) is 0 Å². The van der Waals surface area contributed by atoms with Gasteiger partial charge >= 0.3 is 5.97 Å². The van der Waals surface area contributed by atoms with Gasteiger partial charge in [-0.25, -0.2) is 0 Å². The van der Waals surface area contributed by atoms with E-state index in [0.29, 0.717) is 5.56 Å². The number of hydrogen-bond donors (Lipinski definition) is 1. The number of aryl methyl sites for hydroxylation is 1. The number of aromatic amines is 1. The van der Waals surface area contributed by atoms with Crippen molar-refractivity contribution >= 4 is 11.9 Å². The largest absolute Gasteiger partial charge is 0.468 e. The Morgan fingerprint density at radius 3 is 2.52 bits per heavy atom. The Labute approximate surface area is 133 Å². The summed E-state index contributed by atoms with van der Waals surface area (Å²) < 4.78 is 4.66. The van der Waals surface area contributed by atoms with E-state index in [0.717, 1.165) is 11.1 Å². The van der Waals surface area contributed by atoms with Crippen LogP contribution in [0.3, 0.4) is 0 Å². The fourth-order valence-corrected chi connectivity index (χ4v) is 2.14. The number of aromatic nitrogens is 1. The van der Waals surface area contributed by atoms with Gasteiger partial charge in [0.2, 0.25) is 5.56 Å². The van der Waals surface area contributed by atoms with Crippen molar-refractivity contribution in [3.05, 3.63) is 69.6 Å². The lowest BCUT2D eigenvalue weighted by molar-refractivity contribution is -0.141. The van der Waals surface area contributed by atoms with Gasteiger partial charge in [0.1, 0.15) is 6.54 Å². The lowest BCUT2D eigenvalue weighted by Crippen LogP contribution is -2.36. The minimum absolute atomic E-state index is 0.164. The summed E-state index contributed by atoms with van der Waals surface area (Å²) in [6.45, 7) is 2.05. The normalized spacial score (nSPS) is 10.2. The Bertz CT molecular complexity index is 747. The highest BCUT2D eigenvalue weighted by Gasteiger charge is 2.20. The molecule has 6 heteroatoms. The second kappa shape index (κ2) is 7.40. The molecule has 0 atom stereocenters. The molecule has 0 saturated carbocycles. The van der Waals surface area contributed by atoms with Crippen molar-refractivity contribution in [1.82, 2.24) is 9.88 Å². The molecule has 1 N–H and O–H groups in total. The standard InChI is InChI=1S/C17H18N2O4/c1-12-5-3-4-6-14(12)10-19(11-16(21)23-2)17(22)13-7-8-15(20)18-9-13/h3-9H,10-11H2,1-2H3,(H,18,20). The van der Waals surface area contributed by atoms with Crippen LogP contribution in [-0.2, 0) is 16.1 Å². The molecule has 1 heterocycles. The molecule has 23 heavy (non-hydrogen) atoms. The van der Waals surface area contributed by atoms with Crippen LogP contribution in [0.25, 0.3) is 0 Å². The summed E-state index contributed by atoms with van der Waals surface area (Å²) in [5.74, 6) is -0.855. The highest BCUT2D eigenvalue weighted by atomic mass is 16.5. The van der Waals surface area contributed by atoms with E-state index >= 15 is 0 Å². The summed E-state index contributed by atoms with van der Waals surface area (Å²) in [4.78, 5) is 39.2. The van der Waals surface area contributed by atoms with Crippen molar-refractivity contribution in [3.63, 3.8) is 0 Å². The minimum Gasteiger partial charge on any atom is -0.468 e. The predicted molar refractivity (Wildman–Crippen MR) is 85.0 cm³/mol. The van der Waals surface area contributed by atoms with Gasteiger partial charge in [0.25, 0.3) is 5.91 Å². The van der Waals surface area contributed by atoms with E-state index in [1.165, 1.54) is 30.3 Å². The lowest BCUT2D eigenvalue weighted by Gasteiger charge is -2.22. The number of H-pyrrole nitrogens is 1. The maximum atomic E-state index is 12.6. The molecule has 1 aromatic carbocycles. The third-order valence-corrected chi connectivity index (χ3v) is 3.49. The number of amides is 1. The molecule has 0 bridgehead atoms. The van der Waals surface area contributed by atoms with E-state index in [-0.39, 0.29) is 24.6 Å². The average molecular weight is 314 g/mol. The van der Waals surface area contributed by atoms with Gasteiger partial charge in [-0.05, 0) is 24.1 Å². The Morgan fingerprint density at radius 1 is 1.17 bits per heavy atom. The number of pyridine rings is 1. The van der Waals surface area contributed by atoms with Gasteiger partial charge in [-0.2, -0.15) is 0 Å². The molecule has 0 fully saturated rings. The van der Waals surface area contributed by atoms with Crippen molar-refractivity contribution in [2.45, 2.75) is 13.5 Å². The fraction of sp³-hybridized carbons (Fsp3) is 0.235. The predicted octanol–water partition coefficient (Wildman–Crippen LogP) is 1.50. The molecule has 0 aliphatic heterocycles. The van der Waals surface area contributed by atoms with Crippen molar-refractivity contribution in [2.75, 3.05) is 13.7 Å². The third kappa shape index (κ3) is 4.29. The summed E-state index contributed by atoms with van der Waals surface area (Å²) in [6, 6.07) is 10.3. The number of hydrogen-bond acceptors (Lipinski definition) is 4. The summed E-state index contributed by atoms with van der Waals surface area (Å²) >= 11 is 0. The van der Waals surface area contributed by atoms with Crippen LogP contribution in [0.5, 0.6) is 0 Å². The van der Waals surface area contributed by atoms with Crippen molar-refractivity contribution in [3.8, 4) is 0 Å². The average Bonchev–Trinajstić information content (AvgIpc) is 2.56. The van der Waals surface area contributed by atoms with Crippen LogP contribution in [0, 0.1) is 6.92 Å². The lowest BCUT2D eigenvalue weighted by atomic mass is 10.1. The Morgan fingerprint density at radius 2 is 1.91 bits per heavy atom. The summed E-state index contributed by atoms with van der Waals surface area (Å²) in [5.41, 5.74) is 1.98. The summed E-state index contributed by atoms with van der Waals surface area (Å²) in [7, 11) is 1.28. The van der Waals surface area contributed by atoms with Crippen LogP contribution >= 0.6 is 0 Å². The van der Waals surface area contributed by atoms with Gasteiger partial charge in [-0.1, -0.05) is 24.3 Å². The zero-order chi connectivity index (χ0) is 16.8. The van der Waals surface area contributed by atoms with E-state index in [2.05, 4.69) is 9.72 Å². The minimum atomic E-state index is -0.503. The molecular formula is C17H18N2O4.